The molecule has 1 heterocycles. The average Bonchev–Trinajstić information content (AvgIpc) is 2.60. The van der Waals surface area contributed by atoms with Crippen LogP contribution in [-0.4, -0.2) is 31.7 Å². The van der Waals surface area contributed by atoms with E-state index in [-0.39, 0.29) is 18.1 Å². The second kappa shape index (κ2) is 7.44. The predicted molar refractivity (Wildman–Crippen MR) is 93.3 cm³/mol. The minimum Gasteiger partial charge on any atom is -0.334 e. The molecule has 0 aliphatic carbocycles. The second-order valence-electron chi connectivity index (χ2n) is 6.06. The molecular weight excluding hydrogens is 288 g/mol. The van der Waals surface area contributed by atoms with Gasteiger partial charge in [-0.05, 0) is 41.8 Å². The lowest BCUT2D eigenvalue weighted by Crippen LogP contribution is -2.50. The molecule has 23 heavy (non-hydrogen) atoms. The minimum absolute atomic E-state index is 0.151. The number of piperidine rings is 1. The van der Waals surface area contributed by atoms with Crippen molar-refractivity contribution < 1.29 is 4.79 Å². The van der Waals surface area contributed by atoms with Crippen molar-refractivity contribution in [2.24, 2.45) is 5.73 Å². The first-order valence-corrected chi connectivity index (χ1v) is 8.23. The molecule has 5 heteroatoms. The number of hydrogen-bond donors (Lipinski definition) is 4. The maximum absolute atomic E-state index is 12.2. The number of rotatable bonds is 4. The number of carbonyl (C=O) groups is 1. The maximum Gasteiger partial charge on any atom is 0.315 e. The maximum atomic E-state index is 12.2. The Balaban J connectivity index is 1.66. The summed E-state index contributed by atoms with van der Waals surface area (Å²) in [7, 11) is 0. The first-order valence-electron chi connectivity index (χ1n) is 8.23. The zero-order valence-electron chi connectivity index (χ0n) is 13.2. The fourth-order valence-corrected chi connectivity index (χ4v) is 3.06. The summed E-state index contributed by atoms with van der Waals surface area (Å²) >= 11 is 0. The number of fused-ring (bicyclic) bond motifs is 1. The summed E-state index contributed by atoms with van der Waals surface area (Å²) in [4.78, 5) is 12.2. The van der Waals surface area contributed by atoms with Crippen molar-refractivity contribution in [2.75, 3.05) is 19.6 Å². The van der Waals surface area contributed by atoms with Crippen molar-refractivity contribution in [3.63, 3.8) is 0 Å². The van der Waals surface area contributed by atoms with E-state index in [1.807, 2.05) is 18.2 Å². The first kappa shape index (κ1) is 15.8. The van der Waals surface area contributed by atoms with E-state index in [1.54, 1.807) is 0 Å². The Labute approximate surface area is 136 Å². The topological polar surface area (TPSA) is 79.2 Å². The van der Waals surface area contributed by atoms with E-state index in [0.717, 1.165) is 36.9 Å². The third-order valence-electron chi connectivity index (χ3n) is 4.35. The van der Waals surface area contributed by atoms with Gasteiger partial charge in [0.25, 0.3) is 0 Å². The average molecular weight is 312 g/mol. The number of urea groups is 1. The molecule has 122 valence electrons. The van der Waals surface area contributed by atoms with Crippen LogP contribution >= 0.6 is 0 Å². The van der Waals surface area contributed by atoms with E-state index in [2.05, 4.69) is 40.2 Å². The Morgan fingerprint density at radius 2 is 2.09 bits per heavy atom. The van der Waals surface area contributed by atoms with Crippen LogP contribution in [0.25, 0.3) is 10.8 Å². The van der Waals surface area contributed by atoms with Gasteiger partial charge >= 0.3 is 6.03 Å². The lowest BCUT2D eigenvalue weighted by molar-refractivity contribution is 0.230. The van der Waals surface area contributed by atoms with E-state index in [0.29, 0.717) is 6.54 Å². The van der Waals surface area contributed by atoms with E-state index in [4.69, 9.17) is 5.73 Å². The Morgan fingerprint density at radius 1 is 1.26 bits per heavy atom. The van der Waals surface area contributed by atoms with E-state index in [1.165, 1.54) is 5.39 Å². The molecule has 2 atom stereocenters. The quantitative estimate of drug-likeness (QED) is 0.696. The molecule has 1 aliphatic rings. The van der Waals surface area contributed by atoms with Crippen molar-refractivity contribution in [3.8, 4) is 0 Å². The Bertz CT molecular complexity index is 667. The highest BCUT2D eigenvalue weighted by Gasteiger charge is 2.18. The zero-order valence-corrected chi connectivity index (χ0v) is 13.2. The normalized spacial score (nSPS) is 19.3. The molecule has 0 radical (unpaired) electrons. The van der Waals surface area contributed by atoms with Gasteiger partial charge < -0.3 is 21.7 Å². The van der Waals surface area contributed by atoms with Crippen molar-refractivity contribution in [3.05, 3.63) is 48.0 Å². The molecule has 1 fully saturated rings. The summed E-state index contributed by atoms with van der Waals surface area (Å²) in [5.74, 6) is 0. The van der Waals surface area contributed by atoms with Crippen LogP contribution in [0.1, 0.15) is 24.4 Å². The Kier molecular flexibility index (Phi) is 5.10. The van der Waals surface area contributed by atoms with Gasteiger partial charge in [0.1, 0.15) is 0 Å². The second-order valence-corrected chi connectivity index (χ2v) is 6.06. The van der Waals surface area contributed by atoms with Crippen LogP contribution in [0.4, 0.5) is 4.79 Å². The minimum atomic E-state index is -0.184. The van der Waals surface area contributed by atoms with Crippen LogP contribution in [0.2, 0.25) is 0 Å². The van der Waals surface area contributed by atoms with Gasteiger partial charge in [-0.3, -0.25) is 0 Å². The molecule has 5 N–H and O–H groups in total. The number of carbonyl (C=O) groups excluding carboxylic acids is 1. The predicted octanol–water partition coefficient (Wildman–Crippen LogP) is 1.89. The highest BCUT2D eigenvalue weighted by molar-refractivity contribution is 5.83. The lowest BCUT2D eigenvalue weighted by atomic mass is 10.0. The highest BCUT2D eigenvalue weighted by Crippen LogP contribution is 2.20. The molecule has 2 aromatic carbocycles. The van der Waals surface area contributed by atoms with E-state index < -0.39 is 0 Å². The molecule has 0 saturated carbocycles. The fourth-order valence-electron chi connectivity index (χ4n) is 3.06. The molecule has 2 amide bonds. The van der Waals surface area contributed by atoms with Crippen LogP contribution in [0, 0.1) is 0 Å². The number of amides is 2. The van der Waals surface area contributed by atoms with Crippen molar-refractivity contribution in [1.29, 1.82) is 0 Å². The standard InChI is InChI=1S/C18H24N4O/c19-11-17(22-18(23)21-16-6-3-9-20-12-16)15-8-7-13-4-1-2-5-14(13)10-15/h1-2,4-5,7-8,10,16-17,20H,3,6,9,11-12,19H2,(H2,21,22,23). The Morgan fingerprint density at radius 3 is 2.83 bits per heavy atom. The van der Waals surface area contributed by atoms with Crippen LogP contribution in [0.5, 0.6) is 0 Å². The number of nitrogens with one attached hydrogen (secondary N) is 3. The molecule has 2 aromatic rings. The van der Waals surface area contributed by atoms with Gasteiger partial charge in [-0.1, -0.05) is 36.4 Å². The van der Waals surface area contributed by atoms with E-state index >= 15 is 0 Å². The first-order chi connectivity index (χ1) is 11.3. The summed E-state index contributed by atoms with van der Waals surface area (Å²) < 4.78 is 0. The number of benzene rings is 2. The third kappa shape index (κ3) is 4.00. The third-order valence-corrected chi connectivity index (χ3v) is 4.35. The smallest absolute Gasteiger partial charge is 0.315 e. The van der Waals surface area contributed by atoms with Gasteiger partial charge in [0.05, 0.1) is 6.04 Å². The summed E-state index contributed by atoms with van der Waals surface area (Å²) in [5.41, 5.74) is 6.91. The summed E-state index contributed by atoms with van der Waals surface area (Å²) in [6.07, 6.45) is 2.11. The number of nitrogens with two attached hydrogens (primary N) is 1. The molecule has 0 spiro atoms. The van der Waals surface area contributed by atoms with Gasteiger partial charge in [0.15, 0.2) is 0 Å². The molecule has 0 aromatic heterocycles. The van der Waals surface area contributed by atoms with Crippen molar-refractivity contribution in [1.82, 2.24) is 16.0 Å². The largest absolute Gasteiger partial charge is 0.334 e. The SMILES string of the molecule is NCC(NC(=O)NC1CCCNC1)c1ccc2ccccc2c1. The highest BCUT2D eigenvalue weighted by atomic mass is 16.2. The van der Waals surface area contributed by atoms with E-state index in [9.17, 15) is 4.79 Å². The van der Waals surface area contributed by atoms with Crippen molar-refractivity contribution >= 4 is 16.8 Å². The number of hydrogen-bond acceptors (Lipinski definition) is 3. The molecule has 3 rings (SSSR count). The Hall–Kier alpha value is -2.11. The lowest BCUT2D eigenvalue weighted by Gasteiger charge is -2.25. The van der Waals surface area contributed by atoms with Crippen LogP contribution in [0.15, 0.2) is 42.5 Å². The molecule has 2 unspecified atom stereocenters. The van der Waals surface area contributed by atoms with Gasteiger partial charge in [0, 0.05) is 19.1 Å². The molecule has 1 saturated heterocycles. The molecular formula is C18H24N4O. The summed E-state index contributed by atoms with van der Waals surface area (Å²) in [6.45, 7) is 2.23. The van der Waals surface area contributed by atoms with Gasteiger partial charge in [-0.2, -0.15) is 0 Å². The monoisotopic (exact) mass is 312 g/mol. The van der Waals surface area contributed by atoms with Gasteiger partial charge in [-0.15, -0.1) is 0 Å². The van der Waals surface area contributed by atoms with Gasteiger partial charge in [0.2, 0.25) is 0 Å². The van der Waals surface area contributed by atoms with Crippen LogP contribution in [-0.2, 0) is 0 Å². The molecule has 5 nitrogen and oxygen atoms in total. The van der Waals surface area contributed by atoms with Crippen LogP contribution < -0.4 is 21.7 Å². The molecule has 1 aliphatic heterocycles. The zero-order chi connectivity index (χ0) is 16.1. The fraction of sp³-hybridized carbons (Fsp3) is 0.389. The van der Waals surface area contributed by atoms with Gasteiger partial charge in [-0.25, -0.2) is 4.79 Å². The van der Waals surface area contributed by atoms with Crippen LogP contribution in [0.3, 0.4) is 0 Å². The van der Waals surface area contributed by atoms with Crippen molar-refractivity contribution in [2.45, 2.75) is 24.9 Å². The summed E-state index contributed by atoms with van der Waals surface area (Å²) in [6, 6.07) is 14.2. The summed E-state index contributed by atoms with van der Waals surface area (Å²) in [5, 5.41) is 11.6. The molecule has 0 bridgehead atoms.